The number of rotatable bonds is 5. The molecule has 4 aromatic rings. The molecule has 0 aliphatic carbocycles. The van der Waals surface area contributed by atoms with Crippen LogP contribution in [0.3, 0.4) is 0 Å². The van der Waals surface area contributed by atoms with Crippen LogP contribution in [0.4, 0.5) is 5.82 Å². The largest absolute Gasteiger partial charge is 0.384 e. The highest BCUT2D eigenvalue weighted by molar-refractivity contribution is 6.35. The zero-order valence-electron chi connectivity index (χ0n) is 15.7. The third-order valence-electron chi connectivity index (χ3n) is 4.65. The monoisotopic (exact) mass is 427 g/mol. The Morgan fingerprint density at radius 1 is 1.10 bits per heavy atom. The van der Waals surface area contributed by atoms with Gasteiger partial charge in [0.1, 0.15) is 16.9 Å². The van der Waals surface area contributed by atoms with E-state index in [4.69, 9.17) is 33.9 Å². The van der Waals surface area contributed by atoms with Crippen LogP contribution in [0, 0.1) is 0 Å². The van der Waals surface area contributed by atoms with Gasteiger partial charge in [-0.15, -0.1) is 0 Å². The van der Waals surface area contributed by atoms with E-state index in [9.17, 15) is 4.79 Å². The van der Waals surface area contributed by atoms with Crippen molar-refractivity contribution in [1.82, 2.24) is 19.9 Å². The second-order valence-corrected chi connectivity index (χ2v) is 7.59. The second-order valence-electron chi connectivity index (χ2n) is 6.72. The minimum absolute atomic E-state index is 0.239. The molecular weight excluding hydrogens is 409 g/mol. The van der Waals surface area contributed by atoms with E-state index in [-0.39, 0.29) is 11.7 Å². The zero-order valence-corrected chi connectivity index (χ0v) is 17.3. The lowest BCUT2D eigenvalue weighted by Gasteiger charge is -2.09. The number of nitrogens with two attached hydrogens (primary N) is 1. The van der Waals surface area contributed by atoms with E-state index >= 15 is 0 Å². The summed E-state index contributed by atoms with van der Waals surface area (Å²) in [5.41, 5.74) is 9.65. The number of unbranched alkanes of at least 4 members (excludes halogenated alkanes) is 1. The number of nitrogens with zero attached hydrogens (tertiary/aromatic N) is 3. The maximum Gasteiger partial charge on any atom is 0.257 e. The quantitative estimate of drug-likeness (QED) is 0.439. The molecule has 0 radical (unpaired) electrons. The Hall–Kier alpha value is -2.83. The second kappa shape index (κ2) is 7.89. The molecule has 0 aliphatic heterocycles. The van der Waals surface area contributed by atoms with Gasteiger partial charge in [0.25, 0.3) is 5.91 Å². The number of benzene rings is 2. The lowest BCUT2D eigenvalue weighted by Crippen LogP contribution is -2.25. The molecule has 1 amide bonds. The van der Waals surface area contributed by atoms with Gasteiger partial charge < -0.3 is 11.1 Å². The van der Waals surface area contributed by atoms with Gasteiger partial charge >= 0.3 is 0 Å². The number of nitrogen functional groups attached to an aromatic ring is 1. The van der Waals surface area contributed by atoms with E-state index in [1.165, 1.54) is 0 Å². The molecule has 2 aromatic carbocycles. The topological polar surface area (TPSA) is 85.8 Å². The summed E-state index contributed by atoms with van der Waals surface area (Å²) in [5, 5.41) is 3.83. The van der Waals surface area contributed by atoms with E-state index in [1.807, 2.05) is 24.3 Å². The fourth-order valence-corrected chi connectivity index (χ4v) is 3.80. The Labute approximate surface area is 177 Å². The molecule has 4 rings (SSSR count). The Morgan fingerprint density at radius 2 is 1.76 bits per heavy atom. The molecule has 0 unspecified atom stereocenters. The van der Waals surface area contributed by atoms with Crippen LogP contribution in [0.5, 0.6) is 0 Å². The number of carbonyl (C=O) groups excluding carboxylic acids is 1. The van der Waals surface area contributed by atoms with Crippen molar-refractivity contribution in [2.75, 3.05) is 12.3 Å². The lowest BCUT2D eigenvalue weighted by atomic mass is 10.2. The summed E-state index contributed by atoms with van der Waals surface area (Å²) in [6.07, 6.45) is 1.85. The molecule has 148 valence electrons. The highest BCUT2D eigenvalue weighted by Gasteiger charge is 2.24. The molecule has 0 saturated heterocycles. The van der Waals surface area contributed by atoms with E-state index in [1.54, 1.807) is 22.8 Å². The molecule has 2 aromatic heterocycles. The van der Waals surface area contributed by atoms with Gasteiger partial charge in [-0.2, -0.15) is 0 Å². The number of hydrogen-bond donors (Lipinski definition) is 2. The van der Waals surface area contributed by atoms with Gasteiger partial charge in [-0.25, -0.2) is 9.97 Å². The summed E-state index contributed by atoms with van der Waals surface area (Å²) in [7, 11) is 0. The van der Waals surface area contributed by atoms with Gasteiger partial charge in [-0.3, -0.25) is 9.36 Å². The van der Waals surface area contributed by atoms with E-state index in [0.29, 0.717) is 50.0 Å². The third kappa shape index (κ3) is 3.61. The molecule has 0 saturated carbocycles. The van der Waals surface area contributed by atoms with Crippen molar-refractivity contribution >= 4 is 57.1 Å². The first-order chi connectivity index (χ1) is 14.0. The fraction of sp³-hybridized carbons (Fsp3) is 0.190. The van der Waals surface area contributed by atoms with Crippen LogP contribution >= 0.6 is 23.2 Å². The third-order valence-corrected chi connectivity index (χ3v) is 5.08. The lowest BCUT2D eigenvalue weighted by molar-refractivity contribution is 0.0955. The van der Waals surface area contributed by atoms with Gasteiger partial charge in [0.15, 0.2) is 5.65 Å². The average Bonchev–Trinajstić information content (AvgIpc) is 2.96. The average molecular weight is 428 g/mol. The molecule has 29 heavy (non-hydrogen) atoms. The van der Waals surface area contributed by atoms with Crippen molar-refractivity contribution in [3.05, 3.63) is 58.1 Å². The van der Waals surface area contributed by atoms with Gasteiger partial charge in [0.05, 0.1) is 16.7 Å². The fourth-order valence-electron chi connectivity index (χ4n) is 3.28. The van der Waals surface area contributed by atoms with Crippen molar-refractivity contribution in [1.29, 1.82) is 0 Å². The molecular formula is C21H19Cl2N5O. The van der Waals surface area contributed by atoms with Crippen molar-refractivity contribution in [3.63, 3.8) is 0 Å². The minimum atomic E-state index is -0.280. The predicted octanol–water partition coefficient (Wildman–Crippen LogP) is 4.99. The van der Waals surface area contributed by atoms with Crippen molar-refractivity contribution < 1.29 is 4.79 Å². The van der Waals surface area contributed by atoms with Crippen LogP contribution < -0.4 is 11.1 Å². The summed E-state index contributed by atoms with van der Waals surface area (Å²) in [6, 6.07) is 12.5. The molecule has 2 heterocycles. The predicted molar refractivity (Wildman–Crippen MR) is 118 cm³/mol. The summed E-state index contributed by atoms with van der Waals surface area (Å²) in [4.78, 5) is 22.4. The van der Waals surface area contributed by atoms with Crippen LogP contribution in [0.25, 0.3) is 27.9 Å². The summed E-state index contributed by atoms with van der Waals surface area (Å²) in [5.74, 6) is -0.0416. The van der Waals surface area contributed by atoms with Crippen LogP contribution in [-0.4, -0.2) is 27.0 Å². The number of carbonyl (C=O) groups is 1. The molecule has 0 fully saturated rings. The van der Waals surface area contributed by atoms with Crippen LogP contribution in [0.1, 0.15) is 30.1 Å². The van der Waals surface area contributed by atoms with Crippen LogP contribution in [0.2, 0.25) is 10.0 Å². The van der Waals surface area contributed by atoms with E-state index in [0.717, 1.165) is 12.8 Å². The summed E-state index contributed by atoms with van der Waals surface area (Å²) >= 11 is 12.4. The number of amides is 1. The molecule has 0 atom stereocenters. The summed E-state index contributed by atoms with van der Waals surface area (Å²) in [6.45, 7) is 2.62. The maximum absolute atomic E-state index is 12.9. The van der Waals surface area contributed by atoms with E-state index < -0.39 is 0 Å². The first-order valence-electron chi connectivity index (χ1n) is 9.31. The number of para-hydroxylation sites is 2. The number of nitrogens with one attached hydrogen (secondary N) is 1. The number of anilines is 1. The summed E-state index contributed by atoms with van der Waals surface area (Å²) < 4.78 is 1.67. The maximum atomic E-state index is 12.9. The van der Waals surface area contributed by atoms with Gasteiger partial charge in [-0.05, 0) is 36.8 Å². The SMILES string of the molecule is CCCCNC(=O)c1c(N)n(-c2cc(Cl)cc(Cl)c2)c2nc3ccccc3nc12. The Balaban J connectivity index is 2.00. The van der Waals surface area contributed by atoms with E-state index in [2.05, 4.69) is 17.2 Å². The van der Waals surface area contributed by atoms with Crippen molar-refractivity contribution in [3.8, 4) is 5.69 Å². The van der Waals surface area contributed by atoms with Crippen molar-refractivity contribution in [2.45, 2.75) is 19.8 Å². The normalized spacial score (nSPS) is 11.3. The first kappa shape index (κ1) is 19.5. The zero-order chi connectivity index (χ0) is 20.5. The Bertz CT molecular complexity index is 1210. The van der Waals surface area contributed by atoms with Gasteiger partial charge in [-0.1, -0.05) is 48.7 Å². The molecule has 3 N–H and O–H groups in total. The Morgan fingerprint density at radius 3 is 2.41 bits per heavy atom. The van der Waals surface area contributed by atoms with Crippen LogP contribution in [0.15, 0.2) is 42.5 Å². The molecule has 0 bridgehead atoms. The Kier molecular flexibility index (Phi) is 5.30. The molecule has 0 spiro atoms. The molecule has 6 nitrogen and oxygen atoms in total. The standard InChI is InChI=1S/C21H19Cl2N5O/c1-2-3-8-25-21(29)17-18-20(27-16-7-5-4-6-15(16)26-18)28(19(17)24)14-10-12(22)9-13(23)11-14/h4-7,9-11H,2-3,8,24H2,1H3,(H,25,29). The molecule has 8 heteroatoms. The number of halogens is 2. The van der Waals surface area contributed by atoms with Gasteiger partial charge in [0.2, 0.25) is 0 Å². The molecule has 0 aliphatic rings. The van der Waals surface area contributed by atoms with Gasteiger partial charge in [0, 0.05) is 16.6 Å². The number of aromatic nitrogens is 3. The highest BCUT2D eigenvalue weighted by Crippen LogP contribution is 2.33. The van der Waals surface area contributed by atoms with Crippen molar-refractivity contribution in [2.24, 2.45) is 0 Å². The van der Waals surface area contributed by atoms with Crippen LogP contribution in [-0.2, 0) is 0 Å². The number of hydrogen-bond acceptors (Lipinski definition) is 4. The minimum Gasteiger partial charge on any atom is -0.384 e. The number of fused-ring (bicyclic) bond motifs is 2. The smallest absolute Gasteiger partial charge is 0.257 e. The first-order valence-corrected chi connectivity index (χ1v) is 10.1. The highest BCUT2D eigenvalue weighted by atomic mass is 35.5.